The minimum Gasteiger partial charge on any atom is -0.350 e. The third kappa shape index (κ3) is 3.22. The van der Waals surface area contributed by atoms with Gasteiger partial charge in [0.2, 0.25) is 5.91 Å². The fourth-order valence-corrected chi connectivity index (χ4v) is 2.80. The van der Waals surface area contributed by atoms with Crippen molar-refractivity contribution in [3.63, 3.8) is 0 Å². The molecule has 118 valence electrons. The predicted molar refractivity (Wildman–Crippen MR) is 89.1 cm³/mol. The number of amides is 2. The Balaban J connectivity index is 1.62. The minimum atomic E-state index is -0.512. The molecular weight excluding hydrogens is 312 g/mol. The summed E-state index contributed by atoms with van der Waals surface area (Å²) in [5.41, 5.74) is 2.62. The van der Waals surface area contributed by atoms with E-state index >= 15 is 0 Å². The Kier molecular flexibility index (Phi) is 4.35. The topological polar surface area (TPSA) is 49.4 Å². The number of carbonyl (C=O) groups is 2. The van der Waals surface area contributed by atoms with E-state index in [9.17, 15) is 9.59 Å². The monoisotopic (exact) mass is 328 g/mol. The second-order valence-electron chi connectivity index (χ2n) is 5.61. The molecule has 5 heteroatoms. The van der Waals surface area contributed by atoms with Crippen LogP contribution >= 0.6 is 11.6 Å². The molecule has 2 amide bonds. The standard InChI is InChI=1S/C18H17ClN2O2/c1-12(17(22)20-10-13-6-8-15(19)9-7-13)21-11-14-4-2-3-5-16(14)18(21)23/h2-9,12H,10-11H2,1H3,(H,20,22). The van der Waals surface area contributed by atoms with Crippen LogP contribution in [-0.2, 0) is 17.9 Å². The molecule has 2 aromatic carbocycles. The first kappa shape index (κ1) is 15.6. The molecule has 0 aromatic heterocycles. The van der Waals surface area contributed by atoms with Gasteiger partial charge in [-0.3, -0.25) is 9.59 Å². The summed E-state index contributed by atoms with van der Waals surface area (Å²) in [4.78, 5) is 26.3. The Morgan fingerprint density at radius 1 is 1.22 bits per heavy atom. The Bertz CT molecular complexity index is 743. The summed E-state index contributed by atoms with van der Waals surface area (Å²) in [6, 6.07) is 14.3. The van der Waals surface area contributed by atoms with Gasteiger partial charge in [-0.15, -0.1) is 0 Å². The zero-order valence-corrected chi connectivity index (χ0v) is 13.5. The normalized spacial score (nSPS) is 14.5. The molecule has 0 radical (unpaired) electrons. The molecule has 1 N–H and O–H groups in total. The summed E-state index contributed by atoms with van der Waals surface area (Å²) in [6.45, 7) is 2.64. The van der Waals surface area contributed by atoms with Crippen LogP contribution in [0.1, 0.15) is 28.4 Å². The first-order chi connectivity index (χ1) is 11.1. The van der Waals surface area contributed by atoms with Crippen molar-refractivity contribution in [3.05, 3.63) is 70.2 Å². The van der Waals surface area contributed by atoms with Crippen molar-refractivity contribution in [3.8, 4) is 0 Å². The molecule has 1 atom stereocenters. The number of nitrogens with zero attached hydrogens (tertiary/aromatic N) is 1. The lowest BCUT2D eigenvalue weighted by molar-refractivity contribution is -0.125. The first-order valence-corrected chi connectivity index (χ1v) is 7.85. The molecule has 0 bridgehead atoms. The van der Waals surface area contributed by atoms with E-state index in [4.69, 9.17) is 11.6 Å². The van der Waals surface area contributed by atoms with Crippen LogP contribution in [0.15, 0.2) is 48.5 Å². The average Bonchev–Trinajstić information content (AvgIpc) is 2.90. The number of hydrogen-bond acceptors (Lipinski definition) is 2. The average molecular weight is 329 g/mol. The van der Waals surface area contributed by atoms with Gasteiger partial charge in [-0.1, -0.05) is 41.9 Å². The summed E-state index contributed by atoms with van der Waals surface area (Å²) in [5.74, 6) is -0.254. The second-order valence-corrected chi connectivity index (χ2v) is 6.05. The number of benzene rings is 2. The molecule has 1 unspecified atom stereocenters. The van der Waals surface area contributed by atoms with E-state index < -0.39 is 6.04 Å². The van der Waals surface area contributed by atoms with Gasteiger partial charge in [0.1, 0.15) is 6.04 Å². The van der Waals surface area contributed by atoms with Crippen molar-refractivity contribution in [1.29, 1.82) is 0 Å². The van der Waals surface area contributed by atoms with Crippen molar-refractivity contribution in [2.75, 3.05) is 0 Å². The molecule has 1 heterocycles. The minimum absolute atomic E-state index is 0.0882. The molecule has 2 aromatic rings. The molecule has 23 heavy (non-hydrogen) atoms. The van der Waals surface area contributed by atoms with Gasteiger partial charge in [0, 0.05) is 23.7 Å². The molecule has 4 nitrogen and oxygen atoms in total. The Hall–Kier alpha value is -2.33. The number of rotatable bonds is 4. The van der Waals surface area contributed by atoms with E-state index in [0.29, 0.717) is 23.7 Å². The summed E-state index contributed by atoms with van der Waals surface area (Å²) in [7, 11) is 0. The maximum absolute atomic E-state index is 12.4. The Labute approximate surface area is 140 Å². The lowest BCUT2D eigenvalue weighted by Crippen LogP contribution is -2.45. The van der Waals surface area contributed by atoms with Gasteiger partial charge in [-0.2, -0.15) is 0 Å². The smallest absolute Gasteiger partial charge is 0.255 e. The zero-order chi connectivity index (χ0) is 16.4. The number of carbonyl (C=O) groups excluding carboxylic acids is 2. The zero-order valence-electron chi connectivity index (χ0n) is 12.8. The fraction of sp³-hybridized carbons (Fsp3) is 0.222. The van der Waals surface area contributed by atoms with Crippen molar-refractivity contribution >= 4 is 23.4 Å². The maximum Gasteiger partial charge on any atom is 0.255 e. The first-order valence-electron chi connectivity index (χ1n) is 7.47. The van der Waals surface area contributed by atoms with Crippen LogP contribution in [0.2, 0.25) is 5.02 Å². The largest absolute Gasteiger partial charge is 0.350 e. The molecule has 0 aliphatic carbocycles. The van der Waals surface area contributed by atoms with E-state index in [1.54, 1.807) is 30.0 Å². The molecule has 0 fully saturated rings. The number of halogens is 1. The van der Waals surface area contributed by atoms with E-state index in [0.717, 1.165) is 11.1 Å². The molecule has 0 spiro atoms. The van der Waals surface area contributed by atoms with Gasteiger partial charge in [0.15, 0.2) is 0 Å². The van der Waals surface area contributed by atoms with Gasteiger partial charge in [-0.25, -0.2) is 0 Å². The van der Waals surface area contributed by atoms with Crippen LogP contribution in [0, 0.1) is 0 Å². The van der Waals surface area contributed by atoms with Crippen LogP contribution in [0.4, 0.5) is 0 Å². The lowest BCUT2D eigenvalue weighted by atomic mass is 10.1. The van der Waals surface area contributed by atoms with Crippen molar-refractivity contribution < 1.29 is 9.59 Å². The summed E-state index contributed by atoms with van der Waals surface area (Å²) < 4.78 is 0. The van der Waals surface area contributed by atoms with Gasteiger partial charge >= 0.3 is 0 Å². The molecule has 0 saturated heterocycles. The highest BCUT2D eigenvalue weighted by molar-refractivity contribution is 6.30. The van der Waals surface area contributed by atoms with E-state index in [-0.39, 0.29) is 11.8 Å². The number of hydrogen-bond donors (Lipinski definition) is 1. The van der Waals surface area contributed by atoms with Crippen LogP contribution in [0.25, 0.3) is 0 Å². The molecule has 3 rings (SSSR count). The lowest BCUT2D eigenvalue weighted by Gasteiger charge is -2.23. The molecule has 0 saturated carbocycles. The predicted octanol–water partition coefficient (Wildman–Crippen LogP) is 3.00. The van der Waals surface area contributed by atoms with Crippen LogP contribution < -0.4 is 5.32 Å². The molecule has 1 aliphatic heterocycles. The van der Waals surface area contributed by atoms with Gasteiger partial charge in [0.05, 0.1) is 0 Å². The van der Waals surface area contributed by atoms with Crippen LogP contribution in [0.5, 0.6) is 0 Å². The maximum atomic E-state index is 12.4. The van der Waals surface area contributed by atoms with Crippen molar-refractivity contribution in [1.82, 2.24) is 10.2 Å². The van der Waals surface area contributed by atoms with Crippen LogP contribution in [0.3, 0.4) is 0 Å². The number of nitrogens with one attached hydrogen (secondary N) is 1. The Morgan fingerprint density at radius 3 is 2.61 bits per heavy atom. The highest BCUT2D eigenvalue weighted by Crippen LogP contribution is 2.24. The molecule has 1 aliphatic rings. The highest BCUT2D eigenvalue weighted by Gasteiger charge is 2.33. The van der Waals surface area contributed by atoms with Crippen LogP contribution in [-0.4, -0.2) is 22.8 Å². The molecular formula is C18H17ClN2O2. The van der Waals surface area contributed by atoms with E-state index in [1.165, 1.54) is 0 Å². The van der Waals surface area contributed by atoms with Gasteiger partial charge in [-0.05, 0) is 36.2 Å². The third-order valence-corrected chi connectivity index (χ3v) is 4.33. The van der Waals surface area contributed by atoms with Gasteiger partial charge < -0.3 is 10.2 Å². The summed E-state index contributed by atoms with van der Waals surface area (Å²) >= 11 is 5.84. The van der Waals surface area contributed by atoms with E-state index in [2.05, 4.69) is 5.32 Å². The quantitative estimate of drug-likeness (QED) is 0.938. The van der Waals surface area contributed by atoms with Crippen molar-refractivity contribution in [2.45, 2.75) is 26.1 Å². The summed E-state index contributed by atoms with van der Waals surface area (Å²) in [5, 5.41) is 3.53. The second kappa shape index (κ2) is 6.42. The summed E-state index contributed by atoms with van der Waals surface area (Å²) in [6.07, 6.45) is 0. The van der Waals surface area contributed by atoms with E-state index in [1.807, 2.05) is 30.3 Å². The van der Waals surface area contributed by atoms with Gasteiger partial charge in [0.25, 0.3) is 5.91 Å². The fourth-order valence-electron chi connectivity index (χ4n) is 2.67. The third-order valence-electron chi connectivity index (χ3n) is 4.08. The number of fused-ring (bicyclic) bond motifs is 1. The van der Waals surface area contributed by atoms with Crippen molar-refractivity contribution in [2.24, 2.45) is 0 Å². The SMILES string of the molecule is CC(C(=O)NCc1ccc(Cl)cc1)N1Cc2ccccc2C1=O. The Morgan fingerprint density at radius 2 is 1.91 bits per heavy atom. The highest BCUT2D eigenvalue weighted by atomic mass is 35.5.